The summed E-state index contributed by atoms with van der Waals surface area (Å²) < 4.78 is 0. The molecule has 0 unspecified atom stereocenters. The number of likely N-dealkylation sites (N-methyl/N-ethyl adjacent to an activating group) is 1. The zero-order valence-corrected chi connectivity index (χ0v) is 12.1. The normalized spacial score (nSPS) is 10.3. The van der Waals surface area contributed by atoms with E-state index in [0.717, 1.165) is 24.0 Å². The number of rotatable bonds is 5. The van der Waals surface area contributed by atoms with Crippen LogP contribution >= 0.6 is 15.9 Å². The molecule has 0 amide bonds. The van der Waals surface area contributed by atoms with E-state index in [1.165, 1.54) is 11.3 Å². The maximum atomic E-state index is 4.34. The standard InChI is InChI=1S/C15H17BrN2/c1-18(11-9-14-4-2-3-10-17-14)15-7-5-13(12-16)6-8-15/h2-8,10H,9,11-12H2,1H3. The van der Waals surface area contributed by atoms with Crippen molar-refractivity contribution in [2.24, 2.45) is 0 Å². The van der Waals surface area contributed by atoms with Crippen molar-refractivity contribution in [1.82, 2.24) is 4.98 Å². The van der Waals surface area contributed by atoms with Gasteiger partial charge in [0.2, 0.25) is 0 Å². The molecule has 2 nitrogen and oxygen atoms in total. The van der Waals surface area contributed by atoms with Crippen molar-refractivity contribution < 1.29 is 0 Å². The zero-order valence-electron chi connectivity index (χ0n) is 10.5. The van der Waals surface area contributed by atoms with E-state index in [2.05, 4.69) is 63.2 Å². The van der Waals surface area contributed by atoms with Gasteiger partial charge in [0.05, 0.1) is 0 Å². The average molecular weight is 305 g/mol. The van der Waals surface area contributed by atoms with Gasteiger partial charge in [-0.15, -0.1) is 0 Å². The van der Waals surface area contributed by atoms with Crippen molar-refractivity contribution in [3.05, 3.63) is 59.9 Å². The van der Waals surface area contributed by atoms with E-state index in [4.69, 9.17) is 0 Å². The topological polar surface area (TPSA) is 16.1 Å². The molecule has 1 aromatic carbocycles. The molecule has 0 aliphatic heterocycles. The van der Waals surface area contributed by atoms with Gasteiger partial charge in [-0.3, -0.25) is 4.98 Å². The summed E-state index contributed by atoms with van der Waals surface area (Å²) >= 11 is 3.46. The van der Waals surface area contributed by atoms with E-state index in [1.807, 2.05) is 18.3 Å². The molecule has 0 aliphatic rings. The van der Waals surface area contributed by atoms with Gasteiger partial charge in [-0.25, -0.2) is 0 Å². The molecule has 3 heteroatoms. The fourth-order valence-corrected chi connectivity index (χ4v) is 2.17. The van der Waals surface area contributed by atoms with Gasteiger partial charge in [-0.05, 0) is 29.8 Å². The second kappa shape index (κ2) is 6.55. The second-order valence-electron chi connectivity index (χ2n) is 4.29. The Kier molecular flexibility index (Phi) is 4.76. The molecule has 0 atom stereocenters. The van der Waals surface area contributed by atoms with Crippen LogP contribution in [0.4, 0.5) is 5.69 Å². The van der Waals surface area contributed by atoms with E-state index in [9.17, 15) is 0 Å². The first-order chi connectivity index (χ1) is 8.79. The Labute approximate surface area is 117 Å². The number of anilines is 1. The first-order valence-corrected chi connectivity index (χ1v) is 7.17. The molecule has 18 heavy (non-hydrogen) atoms. The largest absolute Gasteiger partial charge is 0.374 e. The molecule has 0 N–H and O–H groups in total. The Balaban J connectivity index is 1.93. The zero-order chi connectivity index (χ0) is 12.8. The van der Waals surface area contributed by atoms with Crippen LogP contribution in [-0.4, -0.2) is 18.6 Å². The molecule has 0 bridgehead atoms. The van der Waals surface area contributed by atoms with Gasteiger partial charge in [0.25, 0.3) is 0 Å². The minimum Gasteiger partial charge on any atom is -0.374 e. The molecule has 0 spiro atoms. The summed E-state index contributed by atoms with van der Waals surface area (Å²) in [6.07, 6.45) is 2.82. The fourth-order valence-electron chi connectivity index (χ4n) is 1.80. The number of hydrogen-bond acceptors (Lipinski definition) is 2. The molecule has 94 valence electrons. The lowest BCUT2D eigenvalue weighted by Gasteiger charge is -2.19. The van der Waals surface area contributed by atoms with Crippen LogP contribution in [0, 0.1) is 0 Å². The first-order valence-electron chi connectivity index (χ1n) is 6.05. The Morgan fingerprint density at radius 3 is 2.50 bits per heavy atom. The van der Waals surface area contributed by atoms with Gasteiger partial charge >= 0.3 is 0 Å². The Morgan fingerprint density at radius 1 is 1.11 bits per heavy atom. The fraction of sp³-hybridized carbons (Fsp3) is 0.267. The molecule has 1 aromatic heterocycles. The van der Waals surface area contributed by atoms with E-state index in [-0.39, 0.29) is 0 Å². The highest BCUT2D eigenvalue weighted by molar-refractivity contribution is 9.08. The maximum absolute atomic E-state index is 4.34. The summed E-state index contributed by atoms with van der Waals surface area (Å²) in [5.74, 6) is 0. The van der Waals surface area contributed by atoms with Crippen LogP contribution in [0.25, 0.3) is 0 Å². The molecule has 1 heterocycles. The third-order valence-electron chi connectivity index (χ3n) is 2.96. The average Bonchev–Trinajstić information content (AvgIpc) is 2.46. The van der Waals surface area contributed by atoms with Crippen molar-refractivity contribution in [3.8, 4) is 0 Å². The highest BCUT2D eigenvalue weighted by Gasteiger charge is 2.01. The Bertz CT molecular complexity index is 468. The molecule has 0 aliphatic carbocycles. The predicted octanol–water partition coefficient (Wildman–Crippen LogP) is 3.66. The van der Waals surface area contributed by atoms with E-state index in [0.29, 0.717) is 0 Å². The van der Waals surface area contributed by atoms with Crippen LogP contribution in [0.5, 0.6) is 0 Å². The maximum Gasteiger partial charge on any atom is 0.0421 e. The van der Waals surface area contributed by atoms with Gasteiger partial charge in [0, 0.05) is 42.9 Å². The van der Waals surface area contributed by atoms with Gasteiger partial charge < -0.3 is 4.90 Å². The molecule has 0 fully saturated rings. The van der Waals surface area contributed by atoms with Gasteiger partial charge in [0.15, 0.2) is 0 Å². The third-order valence-corrected chi connectivity index (χ3v) is 3.61. The van der Waals surface area contributed by atoms with Crippen LogP contribution in [0.15, 0.2) is 48.7 Å². The number of pyridine rings is 1. The number of nitrogens with zero attached hydrogens (tertiary/aromatic N) is 2. The molecule has 0 radical (unpaired) electrons. The molecular formula is C15H17BrN2. The molecule has 2 aromatic rings. The van der Waals surface area contributed by atoms with Crippen LogP contribution in [0.3, 0.4) is 0 Å². The summed E-state index contributed by atoms with van der Waals surface area (Å²) in [5, 5.41) is 0.908. The van der Waals surface area contributed by atoms with Crippen LogP contribution < -0.4 is 4.90 Å². The lowest BCUT2D eigenvalue weighted by molar-refractivity contribution is 0.852. The van der Waals surface area contributed by atoms with Crippen LogP contribution in [0.2, 0.25) is 0 Å². The van der Waals surface area contributed by atoms with Crippen molar-refractivity contribution in [3.63, 3.8) is 0 Å². The number of hydrogen-bond donors (Lipinski definition) is 0. The van der Waals surface area contributed by atoms with Crippen LogP contribution in [-0.2, 0) is 11.8 Å². The number of benzene rings is 1. The van der Waals surface area contributed by atoms with Crippen molar-refractivity contribution in [1.29, 1.82) is 0 Å². The molecule has 0 saturated carbocycles. The Morgan fingerprint density at radius 2 is 1.89 bits per heavy atom. The molecule has 0 saturated heterocycles. The lowest BCUT2D eigenvalue weighted by Crippen LogP contribution is -2.20. The summed E-state index contributed by atoms with van der Waals surface area (Å²) in [4.78, 5) is 6.60. The predicted molar refractivity (Wildman–Crippen MR) is 80.3 cm³/mol. The summed E-state index contributed by atoms with van der Waals surface area (Å²) in [5.41, 5.74) is 3.69. The highest BCUT2D eigenvalue weighted by atomic mass is 79.9. The summed E-state index contributed by atoms with van der Waals surface area (Å²) in [6.45, 7) is 0.977. The quantitative estimate of drug-likeness (QED) is 0.784. The van der Waals surface area contributed by atoms with Crippen molar-refractivity contribution in [2.45, 2.75) is 11.8 Å². The summed E-state index contributed by atoms with van der Waals surface area (Å²) in [7, 11) is 2.12. The van der Waals surface area contributed by atoms with E-state index < -0.39 is 0 Å². The van der Waals surface area contributed by atoms with E-state index in [1.54, 1.807) is 0 Å². The van der Waals surface area contributed by atoms with Crippen molar-refractivity contribution >= 4 is 21.6 Å². The minimum atomic E-state index is 0.908. The Hall–Kier alpha value is -1.35. The number of alkyl halides is 1. The number of aromatic nitrogens is 1. The van der Waals surface area contributed by atoms with E-state index >= 15 is 0 Å². The first kappa shape index (κ1) is 13.1. The lowest BCUT2D eigenvalue weighted by atomic mass is 10.2. The minimum absolute atomic E-state index is 0.908. The molecule has 2 rings (SSSR count). The SMILES string of the molecule is CN(CCc1ccccn1)c1ccc(CBr)cc1. The smallest absolute Gasteiger partial charge is 0.0421 e. The van der Waals surface area contributed by atoms with Gasteiger partial charge in [0.1, 0.15) is 0 Å². The summed E-state index contributed by atoms with van der Waals surface area (Å²) in [6, 6.07) is 14.7. The van der Waals surface area contributed by atoms with Crippen LogP contribution in [0.1, 0.15) is 11.3 Å². The third kappa shape index (κ3) is 3.57. The van der Waals surface area contributed by atoms with Crippen molar-refractivity contribution in [2.75, 3.05) is 18.5 Å². The molecular weight excluding hydrogens is 288 g/mol. The van der Waals surface area contributed by atoms with Gasteiger partial charge in [-0.2, -0.15) is 0 Å². The highest BCUT2D eigenvalue weighted by Crippen LogP contribution is 2.15. The number of halogens is 1. The van der Waals surface area contributed by atoms with Gasteiger partial charge in [-0.1, -0.05) is 34.1 Å². The monoisotopic (exact) mass is 304 g/mol. The second-order valence-corrected chi connectivity index (χ2v) is 4.85.